The van der Waals surface area contributed by atoms with Crippen molar-refractivity contribution in [3.05, 3.63) is 47.0 Å². The molecule has 0 fully saturated rings. The van der Waals surface area contributed by atoms with E-state index in [0.717, 1.165) is 0 Å². The molecule has 0 spiro atoms. The summed E-state index contributed by atoms with van der Waals surface area (Å²) in [5.41, 5.74) is 0.779. The largest absolute Gasteiger partial charge is 0.497 e. The van der Waals surface area contributed by atoms with Crippen molar-refractivity contribution in [2.24, 2.45) is 0 Å². The molecule has 0 aliphatic rings. The zero-order valence-corrected chi connectivity index (χ0v) is 10.3. The van der Waals surface area contributed by atoms with Crippen LogP contribution in [0, 0.1) is 4.77 Å². The van der Waals surface area contributed by atoms with Gasteiger partial charge in [0, 0.05) is 18.5 Å². The number of aromatic carboxylic acids is 1. The summed E-state index contributed by atoms with van der Waals surface area (Å²) in [6.45, 7) is 0. The Labute approximate surface area is 108 Å². The van der Waals surface area contributed by atoms with Crippen LogP contribution in [-0.2, 0) is 0 Å². The minimum Gasteiger partial charge on any atom is -0.497 e. The fraction of sp³-hybridized carbons (Fsp3) is 0.0833. The Morgan fingerprint density at radius 1 is 1.50 bits per heavy atom. The number of benzene rings is 1. The summed E-state index contributed by atoms with van der Waals surface area (Å²) in [7, 11) is 1.56. The van der Waals surface area contributed by atoms with Gasteiger partial charge in [0.15, 0.2) is 0 Å². The van der Waals surface area contributed by atoms with Gasteiger partial charge in [-0.3, -0.25) is 4.57 Å². The Kier molecular flexibility index (Phi) is 3.38. The van der Waals surface area contributed by atoms with Crippen molar-refractivity contribution in [1.29, 1.82) is 0 Å². The first kappa shape index (κ1) is 12.3. The molecule has 92 valence electrons. The van der Waals surface area contributed by atoms with Crippen LogP contribution in [0.25, 0.3) is 5.69 Å². The van der Waals surface area contributed by atoms with Crippen LogP contribution in [0.3, 0.4) is 0 Å². The minimum absolute atomic E-state index is 0.0754. The average molecular weight is 262 g/mol. The van der Waals surface area contributed by atoms with E-state index in [2.05, 4.69) is 4.98 Å². The van der Waals surface area contributed by atoms with E-state index < -0.39 is 5.97 Å². The number of hydrogen-bond acceptors (Lipinski definition) is 4. The van der Waals surface area contributed by atoms with Gasteiger partial charge in [0.05, 0.1) is 18.4 Å². The molecule has 6 heteroatoms. The van der Waals surface area contributed by atoms with Crippen molar-refractivity contribution in [3.63, 3.8) is 0 Å². The summed E-state index contributed by atoms with van der Waals surface area (Å²) in [4.78, 5) is 14.8. The normalized spacial score (nSPS) is 10.1. The van der Waals surface area contributed by atoms with E-state index in [1.165, 1.54) is 17.0 Å². The summed E-state index contributed by atoms with van der Waals surface area (Å²) in [6, 6.07) is 7.14. The first-order valence-electron chi connectivity index (χ1n) is 5.08. The highest BCUT2D eigenvalue weighted by Crippen LogP contribution is 2.16. The quantitative estimate of drug-likeness (QED) is 0.860. The van der Waals surface area contributed by atoms with Crippen LogP contribution in [0.1, 0.15) is 10.4 Å². The first-order valence-corrected chi connectivity index (χ1v) is 5.49. The molecule has 0 saturated heterocycles. The van der Waals surface area contributed by atoms with Crippen LogP contribution in [0.2, 0.25) is 0 Å². The molecule has 0 atom stereocenters. The van der Waals surface area contributed by atoms with Gasteiger partial charge in [0.25, 0.3) is 0 Å². The van der Waals surface area contributed by atoms with Crippen LogP contribution in [0.4, 0.5) is 0 Å². The summed E-state index contributed by atoms with van der Waals surface area (Å²) < 4.78 is 6.92. The van der Waals surface area contributed by atoms with Crippen LogP contribution in [0.5, 0.6) is 5.75 Å². The lowest BCUT2D eigenvalue weighted by Crippen LogP contribution is -2.05. The van der Waals surface area contributed by atoms with E-state index in [1.54, 1.807) is 31.4 Å². The summed E-state index contributed by atoms with van der Waals surface area (Å²) in [6.07, 6.45) is 2.67. The molecule has 0 radical (unpaired) electrons. The van der Waals surface area contributed by atoms with Gasteiger partial charge in [-0.25, -0.2) is 9.78 Å². The van der Waals surface area contributed by atoms with E-state index in [0.29, 0.717) is 11.4 Å². The number of carboxylic acids is 1. The van der Waals surface area contributed by atoms with E-state index in [9.17, 15) is 4.79 Å². The smallest absolute Gasteiger partial charge is 0.338 e. The Bertz CT molecular complexity index is 652. The highest BCUT2D eigenvalue weighted by Gasteiger charge is 2.06. The van der Waals surface area contributed by atoms with Gasteiger partial charge in [-0.15, -0.1) is 0 Å². The molecule has 0 amide bonds. The molecule has 1 aromatic heterocycles. The molecular formula is C12H10N2O3S. The molecule has 5 nitrogen and oxygen atoms in total. The molecule has 2 aromatic rings. The molecular weight excluding hydrogens is 252 g/mol. The molecule has 1 aromatic carbocycles. The van der Waals surface area contributed by atoms with Crippen molar-refractivity contribution in [3.8, 4) is 11.4 Å². The standard InChI is InChI=1S/C12H10N2O3S/c1-17-10-4-2-3-9(5-10)14-7-8(11(15)16)6-13-12(14)18/h2-7H,1H3,(H,15,16). The summed E-state index contributed by atoms with van der Waals surface area (Å²) >= 11 is 5.08. The number of rotatable bonds is 3. The molecule has 1 heterocycles. The molecule has 1 N–H and O–H groups in total. The fourth-order valence-electron chi connectivity index (χ4n) is 1.47. The first-order chi connectivity index (χ1) is 8.61. The monoisotopic (exact) mass is 262 g/mol. The maximum atomic E-state index is 10.9. The lowest BCUT2D eigenvalue weighted by molar-refractivity contribution is 0.0695. The SMILES string of the molecule is COc1cccc(-n2cc(C(=O)O)cnc2=S)c1. The second kappa shape index (κ2) is 4.97. The van der Waals surface area contributed by atoms with Crippen LogP contribution >= 0.6 is 12.2 Å². The number of carboxylic acid groups (broad SMARTS) is 1. The Balaban J connectivity index is 2.58. The molecule has 0 aliphatic heterocycles. The lowest BCUT2D eigenvalue weighted by Gasteiger charge is -2.08. The third-order valence-electron chi connectivity index (χ3n) is 2.37. The zero-order valence-electron chi connectivity index (χ0n) is 9.53. The third-order valence-corrected chi connectivity index (χ3v) is 2.67. The third kappa shape index (κ3) is 2.38. The van der Waals surface area contributed by atoms with Crippen molar-refractivity contribution < 1.29 is 14.6 Å². The molecule has 18 heavy (non-hydrogen) atoms. The predicted molar refractivity (Wildman–Crippen MR) is 67.9 cm³/mol. The Morgan fingerprint density at radius 2 is 2.28 bits per heavy atom. The van der Waals surface area contributed by atoms with Crippen LogP contribution in [-0.4, -0.2) is 27.7 Å². The lowest BCUT2D eigenvalue weighted by atomic mass is 10.3. The van der Waals surface area contributed by atoms with Gasteiger partial charge in [-0.05, 0) is 24.4 Å². The van der Waals surface area contributed by atoms with E-state index in [-0.39, 0.29) is 10.3 Å². The van der Waals surface area contributed by atoms with Gasteiger partial charge in [-0.2, -0.15) is 0 Å². The molecule has 2 rings (SSSR count). The Morgan fingerprint density at radius 3 is 2.94 bits per heavy atom. The number of hydrogen-bond donors (Lipinski definition) is 1. The molecule has 0 bridgehead atoms. The number of methoxy groups -OCH3 is 1. The van der Waals surface area contributed by atoms with Crippen LogP contribution < -0.4 is 4.74 Å². The number of aromatic nitrogens is 2. The van der Waals surface area contributed by atoms with Crippen molar-refractivity contribution in [1.82, 2.24) is 9.55 Å². The van der Waals surface area contributed by atoms with Crippen molar-refractivity contribution in [2.75, 3.05) is 7.11 Å². The number of nitrogens with zero attached hydrogens (tertiary/aromatic N) is 2. The van der Waals surface area contributed by atoms with E-state index in [4.69, 9.17) is 22.1 Å². The van der Waals surface area contributed by atoms with Crippen LogP contribution in [0.15, 0.2) is 36.7 Å². The minimum atomic E-state index is -1.05. The fourth-order valence-corrected chi connectivity index (χ4v) is 1.68. The number of carbonyl (C=O) groups is 1. The Hall–Kier alpha value is -2.21. The summed E-state index contributed by atoms with van der Waals surface area (Å²) in [5.74, 6) is -0.385. The van der Waals surface area contributed by atoms with Crippen molar-refractivity contribution in [2.45, 2.75) is 0 Å². The van der Waals surface area contributed by atoms with E-state index >= 15 is 0 Å². The van der Waals surface area contributed by atoms with Gasteiger partial charge < -0.3 is 9.84 Å². The maximum absolute atomic E-state index is 10.9. The average Bonchev–Trinajstić information content (AvgIpc) is 2.39. The highest BCUT2D eigenvalue weighted by atomic mass is 32.1. The zero-order chi connectivity index (χ0) is 13.1. The number of ether oxygens (including phenoxy) is 1. The van der Waals surface area contributed by atoms with Gasteiger partial charge in [-0.1, -0.05) is 6.07 Å². The maximum Gasteiger partial charge on any atom is 0.338 e. The topological polar surface area (TPSA) is 64.3 Å². The molecule has 0 unspecified atom stereocenters. The molecule has 0 saturated carbocycles. The van der Waals surface area contributed by atoms with Gasteiger partial charge >= 0.3 is 5.97 Å². The predicted octanol–water partition coefficient (Wildman–Crippen LogP) is 2.31. The highest BCUT2D eigenvalue weighted by molar-refractivity contribution is 7.71. The second-order valence-corrected chi connectivity index (χ2v) is 3.87. The van der Waals surface area contributed by atoms with E-state index in [1.807, 2.05) is 0 Å². The van der Waals surface area contributed by atoms with Crippen molar-refractivity contribution >= 4 is 18.2 Å². The second-order valence-electron chi connectivity index (χ2n) is 3.50. The molecule has 0 aliphatic carbocycles. The van der Waals surface area contributed by atoms with Gasteiger partial charge in [0.1, 0.15) is 5.75 Å². The van der Waals surface area contributed by atoms with Gasteiger partial charge in [0.2, 0.25) is 4.77 Å². The summed E-state index contributed by atoms with van der Waals surface area (Å²) in [5, 5.41) is 8.94.